The Morgan fingerprint density at radius 2 is 1.83 bits per heavy atom. The standard InChI is InChI=1S/C21H30FN3O4/c1-21(2,3)29-20(28)23-11-8-19(27)25-12-9-16(10-13-25)24-18(26)14-15-6-4-5-7-17(15)22/h4-7,16H,8-14H2,1-3H3,(H,23,28)(H,24,26). The predicted octanol–water partition coefficient (Wildman–Crippen LogP) is 2.39. The summed E-state index contributed by atoms with van der Waals surface area (Å²) in [4.78, 5) is 37.7. The minimum Gasteiger partial charge on any atom is -0.444 e. The van der Waals surface area contributed by atoms with Gasteiger partial charge in [-0.1, -0.05) is 18.2 Å². The lowest BCUT2D eigenvalue weighted by Crippen LogP contribution is -2.47. The van der Waals surface area contributed by atoms with Gasteiger partial charge in [-0.15, -0.1) is 0 Å². The normalized spacial score (nSPS) is 15.0. The molecule has 1 aromatic rings. The van der Waals surface area contributed by atoms with Gasteiger partial charge < -0.3 is 20.3 Å². The number of hydrogen-bond acceptors (Lipinski definition) is 4. The summed E-state index contributed by atoms with van der Waals surface area (Å²) in [5.74, 6) is -0.651. The number of alkyl carbamates (subject to hydrolysis) is 1. The molecule has 0 bridgehead atoms. The van der Waals surface area contributed by atoms with E-state index in [4.69, 9.17) is 4.74 Å². The van der Waals surface area contributed by atoms with E-state index in [1.807, 2.05) is 0 Å². The summed E-state index contributed by atoms with van der Waals surface area (Å²) in [7, 11) is 0. The third-order valence-corrected chi connectivity index (χ3v) is 4.53. The highest BCUT2D eigenvalue weighted by Crippen LogP contribution is 2.13. The third kappa shape index (κ3) is 8.09. The summed E-state index contributed by atoms with van der Waals surface area (Å²) in [5, 5.41) is 5.49. The number of rotatable bonds is 6. The van der Waals surface area contributed by atoms with Crippen LogP contribution >= 0.6 is 0 Å². The first-order valence-corrected chi connectivity index (χ1v) is 9.91. The van der Waals surface area contributed by atoms with Crippen molar-refractivity contribution in [1.82, 2.24) is 15.5 Å². The molecule has 0 saturated carbocycles. The van der Waals surface area contributed by atoms with Crippen molar-refractivity contribution in [3.8, 4) is 0 Å². The van der Waals surface area contributed by atoms with Crippen LogP contribution in [0.1, 0.15) is 45.6 Å². The highest BCUT2D eigenvalue weighted by atomic mass is 19.1. The van der Waals surface area contributed by atoms with E-state index in [0.717, 1.165) is 0 Å². The molecule has 7 nitrogen and oxygen atoms in total. The number of likely N-dealkylation sites (tertiary alicyclic amines) is 1. The van der Waals surface area contributed by atoms with Gasteiger partial charge in [-0.05, 0) is 45.2 Å². The van der Waals surface area contributed by atoms with Crippen LogP contribution in [0.25, 0.3) is 0 Å². The quantitative estimate of drug-likeness (QED) is 0.758. The molecule has 3 amide bonds. The number of ether oxygens (including phenoxy) is 1. The fraction of sp³-hybridized carbons (Fsp3) is 0.571. The van der Waals surface area contributed by atoms with Gasteiger partial charge in [0, 0.05) is 32.1 Å². The maximum Gasteiger partial charge on any atom is 0.407 e. The minimum atomic E-state index is -0.577. The van der Waals surface area contributed by atoms with Crippen molar-refractivity contribution in [1.29, 1.82) is 0 Å². The molecule has 0 aliphatic carbocycles. The van der Waals surface area contributed by atoms with Gasteiger partial charge in [-0.2, -0.15) is 0 Å². The van der Waals surface area contributed by atoms with Gasteiger partial charge in [0.1, 0.15) is 11.4 Å². The van der Waals surface area contributed by atoms with Crippen molar-refractivity contribution in [3.05, 3.63) is 35.6 Å². The SMILES string of the molecule is CC(C)(C)OC(=O)NCCC(=O)N1CCC(NC(=O)Cc2ccccc2F)CC1. The molecular formula is C21H30FN3O4. The molecule has 160 valence electrons. The van der Waals surface area contributed by atoms with Gasteiger partial charge in [-0.25, -0.2) is 9.18 Å². The first kappa shape index (κ1) is 22.6. The van der Waals surface area contributed by atoms with E-state index in [9.17, 15) is 18.8 Å². The van der Waals surface area contributed by atoms with Crippen LogP contribution in [-0.2, 0) is 20.7 Å². The topological polar surface area (TPSA) is 87.7 Å². The second-order valence-electron chi connectivity index (χ2n) is 8.17. The Morgan fingerprint density at radius 1 is 1.17 bits per heavy atom. The number of halogens is 1. The Kier molecular flexibility index (Phi) is 7.99. The van der Waals surface area contributed by atoms with Crippen LogP contribution in [0.2, 0.25) is 0 Å². The lowest BCUT2D eigenvalue weighted by molar-refractivity contribution is -0.132. The zero-order valence-electron chi connectivity index (χ0n) is 17.3. The second kappa shape index (κ2) is 10.2. The monoisotopic (exact) mass is 407 g/mol. The molecule has 0 radical (unpaired) electrons. The maximum absolute atomic E-state index is 13.6. The maximum atomic E-state index is 13.6. The van der Waals surface area contributed by atoms with Crippen molar-refractivity contribution in [2.24, 2.45) is 0 Å². The zero-order valence-corrected chi connectivity index (χ0v) is 17.3. The molecule has 2 N–H and O–H groups in total. The molecule has 0 spiro atoms. The zero-order chi connectivity index (χ0) is 21.4. The van der Waals surface area contributed by atoms with Gasteiger partial charge >= 0.3 is 6.09 Å². The fourth-order valence-electron chi connectivity index (χ4n) is 3.11. The van der Waals surface area contributed by atoms with Crippen LogP contribution in [0.3, 0.4) is 0 Å². The van der Waals surface area contributed by atoms with E-state index in [1.165, 1.54) is 6.07 Å². The molecular weight excluding hydrogens is 377 g/mol. The molecule has 1 aliphatic heterocycles. The van der Waals surface area contributed by atoms with Gasteiger partial charge in [0.15, 0.2) is 0 Å². The largest absolute Gasteiger partial charge is 0.444 e. The van der Waals surface area contributed by atoms with E-state index in [0.29, 0.717) is 31.5 Å². The molecule has 1 fully saturated rings. The number of amides is 3. The minimum absolute atomic E-state index is 0.00214. The lowest BCUT2D eigenvalue weighted by atomic mass is 10.0. The first-order chi connectivity index (χ1) is 13.6. The average Bonchev–Trinajstić information content (AvgIpc) is 2.62. The number of piperidine rings is 1. The Labute approximate surface area is 171 Å². The Bertz CT molecular complexity index is 725. The van der Waals surface area contributed by atoms with Crippen LogP contribution < -0.4 is 10.6 Å². The Balaban J connectivity index is 1.66. The number of benzene rings is 1. The van der Waals surface area contributed by atoms with Gasteiger partial charge in [0.05, 0.1) is 6.42 Å². The molecule has 0 aromatic heterocycles. The second-order valence-corrected chi connectivity index (χ2v) is 8.17. The fourth-order valence-corrected chi connectivity index (χ4v) is 3.11. The van der Waals surface area contributed by atoms with Crippen molar-refractivity contribution in [2.75, 3.05) is 19.6 Å². The Morgan fingerprint density at radius 3 is 2.45 bits per heavy atom. The van der Waals surface area contributed by atoms with Crippen molar-refractivity contribution in [2.45, 2.75) is 58.1 Å². The summed E-state index contributed by atoms with van der Waals surface area (Å²) < 4.78 is 18.8. The van der Waals surface area contributed by atoms with Crippen LogP contribution in [0.5, 0.6) is 0 Å². The highest BCUT2D eigenvalue weighted by molar-refractivity contribution is 5.79. The number of carbonyl (C=O) groups excluding carboxylic acids is 3. The molecule has 1 aromatic carbocycles. The van der Waals surface area contributed by atoms with Gasteiger partial charge in [0.25, 0.3) is 0 Å². The molecule has 0 unspecified atom stereocenters. The number of nitrogens with zero attached hydrogens (tertiary/aromatic N) is 1. The smallest absolute Gasteiger partial charge is 0.407 e. The van der Waals surface area contributed by atoms with Gasteiger partial charge in [-0.3, -0.25) is 9.59 Å². The summed E-state index contributed by atoms with van der Waals surface area (Å²) >= 11 is 0. The average molecular weight is 407 g/mol. The summed E-state index contributed by atoms with van der Waals surface area (Å²) in [5.41, 5.74) is -0.206. The van der Waals surface area contributed by atoms with E-state index in [2.05, 4.69) is 10.6 Å². The van der Waals surface area contributed by atoms with Crippen LogP contribution in [0, 0.1) is 5.82 Å². The third-order valence-electron chi connectivity index (χ3n) is 4.53. The molecule has 29 heavy (non-hydrogen) atoms. The molecule has 1 aliphatic rings. The summed E-state index contributed by atoms with van der Waals surface area (Å²) in [6.45, 7) is 6.61. The number of hydrogen-bond donors (Lipinski definition) is 2. The van der Waals surface area contributed by atoms with Crippen LogP contribution in [-0.4, -0.2) is 54.1 Å². The Hall–Kier alpha value is -2.64. The van der Waals surface area contributed by atoms with Crippen molar-refractivity contribution >= 4 is 17.9 Å². The number of nitrogens with one attached hydrogen (secondary N) is 2. The summed E-state index contributed by atoms with van der Waals surface area (Å²) in [6.07, 6.45) is 0.954. The van der Waals surface area contributed by atoms with Crippen molar-refractivity contribution < 1.29 is 23.5 Å². The molecule has 2 rings (SSSR count). The van der Waals surface area contributed by atoms with E-state index < -0.39 is 11.7 Å². The molecule has 8 heteroatoms. The molecule has 0 atom stereocenters. The molecule has 1 saturated heterocycles. The van der Waals surface area contributed by atoms with E-state index >= 15 is 0 Å². The molecule has 1 heterocycles. The lowest BCUT2D eigenvalue weighted by Gasteiger charge is -2.32. The van der Waals surface area contributed by atoms with Crippen LogP contribution in [0.4, 0.5) is 9.18 Å². The summed E-state index contributed by atoms with van der Waals surface area (Å²) in [6, 6.07) is 6.20. The predicted molar refractivity (Wildman–Crippen MR) is 107 cm³/mol. The van der Waals surface area contributed by atoms with E-state index in [1.54, 1.807) is 43.9 Å². The van der Waals surface area contributed by atoms with Crippen LogP contribution in [0.15, 0.2) is 24.3 Å². The first-order valence-electron chi connectivity index (χ1n) is 9.91. The number of carbonyl (C=O) groups is 3. The van der Waals surface area contributed by atoms with Gasteiger partial charge in [0.2, 0.25) is 11.8 Å². The van der Waals surface area contributed by atoms with E-state index in [-0.39, 0.29) is 43.1 Å². The van der Waals surface area contributed by atoms with Crippen molar-refractivity contribution in [3.63, 3.8) is 0 Å². The highest BCUT2D eigenvalue weighted by Gasteiger charge is 2.24.